The lowest BCUT2D eigenvalue weighted by Crippen LogP contribution is -2.25. The molecule has 0 aromatic heterocycles. The van der Waals surface area contributed by atoms with Crippen LogP contribution in [0.25, 0.3) is 0 Å². The summed E-state index contributed by atoms with van der Waals surface area (Å²) in [6.07, 6.45) is 4.19. The fourth-order valence-electron chi connectivity index (χ4n) is 1.25. The van der Waals surface area contributed by atoms with E-state index in [1.54, 1.807) is 0 Å². The zero-order valence-electron chi connectivity index (χ0n) is 9.48. The van der Waals surface area contributed by atoms with Crippen LogP contribution in [-0.2, 0) is 10.0 Å². The summed E-state index contributed by atoms with van der Waals surface area (Å²) in [4.78, 5) is -0.419. The summed E-state index contributed by atoms with van der Waals surface area (Å²) in [5.41, 5.74) is 5.64. The van der Waals surface area contributed by atoms with Gasteiger partial charge in [0.25, 0.3) is 0 Å². The Labute approximate surface area is 100 Å². The van der Waals surface area contributed by atoms with E-state index in [9.17, 15) is 12.8 Å². The van der Waals surface area contributed by atoms with Gasteiger partial charge in [-0.3, -0.25) is 0 Å². The van der Waals surface area contributed by atoms with Crippen LogP contribution < -0.4 is 10.5 Å². The van der Waals surface area contributed by atoms with Crippen molar-refractivity contribution >= 4 is 15.7 Å². The van der Waals surface area contributed by atoms with Gasteiger partial charge in [-0.05, 0) is 31.5 Å². The summed E-state index contributed by atoms with van der Waals surface area (Å²) in [5, 5.41) is 0. The van der Waals surface area contributed by atoms with Crippen LogP contribution >= 0.6 is 0 Å². The fourth-order valence-corrected chi connectivity index (χ4v) is 2.41. The largest absolute Gasteiger partial charge is 0.399 e. The average Bonchev–Trinajstić information content (AvgIpc) is 2.28. The molecule has 0 spiro atoms. The molecule has 94 valence electrons. The van der Waals surface area contributed by atoms with Gasteiger partial charge in [0.2, 0.25) is 10.0 Å². The number of halogens is 1. The minimum atomic E-state index is -3.83. The highest BCUT2D eigenvalue weighted by Crippen LogP contribution is 2.17. The van der Waals surface area contributed by atoms with E-state index in [4.69, 9.17) is 5.73 Å². The minimum absolute atomic E-state index is 0.209. The average molecular weight is 258 g/mol. The van der Waals surface area contributed by atoms with Crippen LogP contribution in [0.2, 0.25) is 0 Å². The van der Waals surface area contributed by atoms with Crippen LogP contribution in [0.4, 0.5) is 10.1 Å². The minimum Gasteiger partial charge on any atom is -0.399 e. The van der Waals surface area contributed by atoms with Crippen LogP contribution in [0, 0.1) is 5.82 Å². The molecule has 0 fully saturated rings. The molecular formula is C11H15FN2O2S. The first-order chi connectivity index (χ1) is 7.97. The zero-order valence-corrected chi connectivity index (χ0v) is 10.3. The number of nitrogen functional groups attached to an aromatic ring is 1. The summed E-state index contributed by atoms with van der Waals surface area (Å²) in [7, 11) is -3.83. The third-order valence-corrected chi connectivity index (χ3v) is 3.56. The Hall–Kier alpha value is -1.40. The molecule has 1 rings (SSSR count). The second kappa shape index (κ2) is 5.79. The van der Waals surface area contributed by atoms with Crippen LogP contribution in [0.15, 0.2) is 35.2 Å². The van der Waals surface area contributed by atoms with Crippen molar-refractivity contribution in [3.8, 4) is 0 Å². The maximum Gasteiger partial charge on any atom is 0.243 e. The van der Waals surface area contributed by atoms with Gasteiger partial charge in [0.15, 0.2) is 0 Å². The first-order valence-electron chi connectivity index (χ1n) is 5.13. The van der Waals surface area contributed by atoms with Crippen molar-refractivity contribution in [3.63, 3.8) is 0 Å². The van der Waals surface area contributed by atoms with Crippen LogP contribution in [0.3, 0.4) is 0 Å². The summed E-state index contributed by atoms with van der Waals surface area (Å²) in [6.45, 7) is 2.06. The Kier molecular flexibility index (Phi) is 4.65. The van der Waals surface area contributed by atoms with Gasteiger partial charge in [0, 0.05) is 12.2 Å². The van der Waals surface area contributed by atoms with Crippen LogP contribution in [-0.4, -0.2) is 15.0 Å². The topological polar surface area (TPSA) is 72.2 Å². The highest BCUT2D eigenvalue weighted by molar-refractivity contribution is 7.89. The number of hydrogen-bond acceptors (Lipinski definition) is 3. The van der Waals surface area contributed by atoms with Gasteiger partial charge in [-0.15, -0.1) is 0 Å². The fraction of sp³-hybridized carbons (Fsp3) is 0.273. The molecule has 1 aromatic rings. The second-order valence-electron chi connectivity index (χ2n) is 3.45. The molecule has 17 heavy (non-hydrogen) atoms. The highest BCUT2D eigenvalue weighted by atomic mass is 32.2. The molecule has 3 N–H and O–H groups in total. The van der Waals surface area contributed by atoms with Crippen molar-refractivity contribution < 1.29 is 12.8 Å². The zero-order chi connectivity index (χ0) is 12.9. The molecule has 1 aromatic carbocycles. The van der Waals surface area contributed by atoms with Gasteiger partial charge in [-0.1, -0.05) is 12.2 Å². The number of nitrogens with one attached hydrogen (secondary N) is 1. The molecular weight excluding hydrogens is 243 g/mol. The molecule has 0 radical (unpaired) electrons. The molecule has 0 amide bonds. The number of hydrogen-bond donors (Lipinski definition) is 2. The van der Waals surface area contributed by atoms with E-state index in [-0.39, 0.29) is 12.2 Å². The van der Waals surface area contributed by atoms with Gasteiger partial charge in [0.1, 0.15) is 10.7 Å². The van der Waals surface area contributed by atoms with Crippen molar-refractivity contribution in [2.45, 2.75) is 18.2 Å². The van der Waals surface area contributed by atoms with E-state index in [0.29, 0.717) is 6.42 Å². The van der Waals surface area contributed by atoms with E-state index in [0.717, 1.165) is 12.1 Å². The maximum atomic E-state index is 13.4. The smallest absolute Gasteiger partial charge is 0.243 e. The molecule has 0 unspecified atom stereocenters. The Morgan fingerprint density at radius 3 is 2.82 bits per heavy atom. The van der Waals surface area contributed by atoms with Crippen molar-refractivity contribution in [1.82, 2.24) is 4.72 Å². The van der Waals surface area contributed by atoms with Crippen molar-refractivity contribution in [3.05, 3.63) is 36.2 Å². The normalized spacial score (nSPS) is 12.1. The van der Waals surface area contributed by atoms with Crippen molar-refractivity contribution in [2.75, 3.05) is 12.3 Å². The van der Waals surface area contributed by atoms with Gasteiger partial charge in [0.05, 0.1) is 0 Å². The number of sulfonamides is 1. The molecule has 4 nitrogen and oxygen atoms in total. The maximum absolute atomic E-state index is 13.4. The molecule has 0 aliphatic carbocycles. The molecule has 0 saturated carbocycles. The number of benzene rings is 1. The lowest BCUT2D eigenvalue weighted by Gasteiger charge is -2.07. The standard InChI is InChI=1S/C11H15FN2O2S/c1-2-3-4-7-14-17(15,16)11-8-9(13)5-6-10(11)12/h2-3,5-6,8,14H,4,7,13H2,1H3/b3-2+. The summed E-state index contributed by atoms with van der Waals surface area (Å²) < 4.78 is 39.1. The number of anilines is 1. The third-order valence-electron chi connectivity index (χ3n) is 2.08. The predicted octanol–water partition coefficient (Wildman–Crippen LogP) is 1.65. The molecule has 0 aliphatic rings. The SMILES string of the molecule is C/C=C/CCNS(=O)(=O)c1cc(N)ccc1F. The monoisotopic (exact) mass is 258 g/mol. The van der Waals surface area contributed by atoms with E-state index in [1.165, 1.54) is 6.07 Å². The molecule has 0 saturated heterocycles. The molecule has 0 aliphatic heterocycles. The molecule has 6 heteroatoms. The number of rotatable bonds is 5. The lowest BCUT2D eigenvalue weighted by molar-refractivity contribution is 0.557. The quantitative estimate of drug-likeness (QED) is 0.479. The lowest BCUT2D eigenvalue weighted by atomic mass is 10.3. The molecule has 0 heterocycles. The Balaban J connectivity index is 2.86. The molecule has 0 atom stereocenters. The molecule has 0 bridgehead atoms. The number of allylic oxidation sites excluding steroid dienone is 1. The van der Waals surface area contributed by atoms with Gasteiger partial charge in [-0.25, -0.2) is 17.5 Å². The first-order valence-corrected chi connectivity index (χ1v) is 6.61. The first kappa shape index (κ1) is 13.7. The van der Waals surface area contributed by atoms with E-state index < -0.39 is 20.7 Å². The summed E-state index contributed by atoms with van der Waals surface area (Å²) >= 11 is 0. The van der Waals surface area contributed by atoms with Crippen molar-refractivity contribution in [2.24, 2.45) is 0 Å². The van der Waals surface area contributed by atoms with Gasteiger partial charge < -0.3 is 5.73 Å². The summed E-state index contributed by atoms with van der Waals surface area (Å²) in [5.74, 6) is -0.808. The van der Waals surface area contributed by atoms with Crippen LogP contribution in [0.5, 0.6) is 0 Å². The van der Waals surface area contributed by atoms with E-state index >= 15 is 0 Å². The second-order valence-corrected chi connectivity index (χ2v) is 5.18. The predicted molar refractivity (Wildman–Crippen MR) is 65.4 cm³/mol. The van der Waals surface area contributed by atoms with E-state index in [2.05, 4.69) is 4.72 Å². The number of nitrogens with two attached hydrogens (primary N) is 1. The van der Waals surface area contributed by atoms with E-state index in [1.807, 2.05) is 19.1 Å². The van der Waals surface area contributed by atoms with Crippen molar-refractivity contribution in [1.29, 1.82) is 0 Å². The Bertz CT molecular complexity index is 512. The summed E-state index contributed by atoms with van der Waals surface area (Å²) in [6, 6.07) is 3.46. The Morgan fingerprint density at radius 1 is 1.47 bits per heavy atom. The third kappa shape index (κ3) is 3.83. The Morgan fingerprint density at radius 2 is 2.18 bits per heavy atom. The van der Waals surface area contributed by atoms with Crippen LogP contribution in [0.1, 0.15) is 13.3 Å². The highest BCUT2D eigenvalue weighted by Gasteiger charge is 2.18. The van der Waals surface area contributed by atoms with Gasteiger partial charge >= 0.3 is 0 Å². The van der Waals surface area contributed by atoms with Gasteiger partial charge in [-0.2, -0.15) is 0 Å².